The summed E-state index contributed by atoms with van der Waals surface area (Å²) in [5.74, 6) is 1.41. The van der Waals surface area contributed by atoms with Crippen LogP contribution in [0.15, 0.2) is 30.6 Å². The molecular weight excluding hydrogens is 244 g/mol. The van der Waals surface area contributed by atoms with E-state index in [4.69, 9.17) is 4.74 Å². The first kappa shape index (κ1) is 11.7. The summed E-state index contributed by atoms with van der Waals surface area (Å²) in [6.07, 6.45) is 1.61. The highest BCUT2D eigenvalue weighted by Crippen LogP contribution is 2.28. The molecule has 1 aromatic heterocycles. The number of nitrogens with zero attached hydrogens (tertiary/aromatic N) is 3. The van der Waals surface area contributed by atoms with Crippen LogP contribution < -0.4 is 4.74 Å². The molecule has 1 atom stereocenters. The van der Waals surface area contributed by atoms with E-state index < -0.39 is 6.10 Å². The van der Waals surface area contributed by atoms with Crippen LogP contribution in [0, 0.1) is 0 Å². The van der Waals surface area contributed by atoms with Crippen molar-refractivity contribution in [3.8, 4) is 5.75 Å². The number of aromatic amines is 1. The Hall–Kier alpha value is -2.37. The summed E-state index contributed by atoms with van der Waals surface area (Å²) in [6.45, 7) is 0.398. The van der Waals surface area contributed by atoms with Gasteiger partial charge in [-0.25, -0.2) is 4.98 Å². The molecule has 1 N–H and O–H groups in total. The lowest BCUT2D eigenvalue weighted by Gasteiger charge is -2.19. The average Bonchev–Trinajstić information content (AvgIpc) is 3.05. The van der Waals surface area contributed by atoms with Crippen molar-refractivity contribution in [2.75, 3.05) is 7.05 Å². The molecule has 0 saturated carbocycles. The molecule has 1 aliphatic rings. The van der Waals surface area contributed by atoms with Crippen molar-refractivity contribution in [3.63, 3.8) is 0 Å². The number of hydrogen-bond acceptors (Lipinski definition) is 4. The molecule has 98 valence electrons. The van der Waals surface area contributed by atoms with Gasteiger partial charge in [0.25, 0.3) is 5.91 Å². The van der Waals surface area contributed by atoms with Crippen molar-refractivity contribution in [1.29, 1.82) is 0 Å². The smallest absolute Gasteiger partial charge is 0.264 e. The molecule has 0 aliphatic carbocycles. The van der Waals surface area contributed by atoms with E-state index in [-0.39, 0.29) is 5.91 Å². The minimum absolute atomic E-state index is 0.0485. The first-order valence-corrected chi connectivity index (χ1v) is 6.08. The van der Waals surface area contributed by atoms with Gasteiger partial charge in [-0.1, -0.05) is 18.2 Å². The van der Waals surface area contributed by atoms with E-state index in [1.807, 2.05) is 24.3 Å². The Morgan fingerprint density at radius 2 is 2.37 bits per heavy atom. The third kappa shape index (κ3) is 2.29. The highest BCUT2D eigenvalue weighted by atomic mass is 16.5. The SMILES string of the molecule is CN(Cc1ncn[nH]1)C(=O)C1Cc2ccccc2O1. The van der Waals surface area contributed by atoms with Gasteiger partial charge >= 0.3 is 0 Å². The number of para-hydroxylation sites is 1. The average molecular weight is 258 g/mol. The summed E-state index contributed by atoms with van der Waals surface area (Å²) in [6, 6.07) is 7.73. The Labute approximate surface area is 110 Å². The van der Waals surface area contributed by atoms with Gasteiger partial charge < -0.3 is 9.64 Å². The highest BCUT2D eigenvalue weighted by molar-refractivity contribution is 5.82. The lowest BCUT2D eigenvalue weighted by Crippen LogP contribution is -2.38. The van der Waals surface area contributed by atoms with E-state index in [2.05, 4.69) is 15.2 Å². The number of H-pyrrole nitrogens is 1. The second-order valence-corrected chi connectivity index (χ2v) is 4.54. The molecule has 0 spiro atoms. The molecule has 0 bridgehead atoms. The number of carbonyl (C=O) groups excluding carboxylic acids is 1. The Bertz CT molecular complexity index is 557. The largest absolute Gasteiger partial charge is 0.480 e. The van der Waals surface area contributed by atoms with Gasteiger partial charge in [0.05, 0.1) is 6.54 Å². The van der Waals surface area contributed by atoms with Crippen molar-refractivity contribution < 1.29 is 9.53 Å². The summed E-state index contributed by atoms with van der Waals surface area (Å²) in [4.78, 5) is 17.9. The number of hydrogen-bond donors (Lipinski definition) is 1. The maximum absolute atomic E-state index is 12.3. The van der Waals surface area contributed by atoms with E-state index in [0.29, 0.717) is 18.8 Å². The van der Waals surface area contributed by atoms with Crippen molar-refractivity contribution in [2.24, 2.45) is 0 Å². The lowest BCUT2D eigenvalue weighted by atomic mass is 10.1. The molecule has 3 rings (SSSR count). The van der Waals surface area contributed by atoms with Crippen LogP contribution >= 0.6 is 0 Å². The maximum atomic E-state index is 12.3. The topological polar surface area (TPSA) is 71.1 Å². The van der Waals surface area contributed by atoms with E-state index in [1.165, 1.54) is 6.33 Å². The van der Waals surface area contributed by atoms with E-state index in [9.17, 15) is 4.79 Å². The first-order valence-electron chi connectivity index (χ1n) is 6.08. The molecule has 19 heavy (non-hydrogen) atoms. The van der Waals surface area contributed by atoms with Crippen LogP contribution in [0.2, 0.25) is 0 Å². The lowest BCUT2D eigenvalue weighted by molar-refractivity contribution is -0.137. The highest BCUT2D eigenvalue weighted by Gasteiger charge is 2.31. The fraction of sp³-hybridized carbons (Fsp3) is 0.308. The number of nitrogens with one attached hydrogen (secondary N) is 1. The Balaban J connectivity index is 1.66. The summed E-state index contributed by atoms with van der Waals surface area (Å²) >= 11 is 0. The van der Waals surface area contributed by atoms with Crippen LogP contribution in [-0.2, 0) is 17.8 Å². The number of rotatable bonds is 3. The maximum Gasteiger partial charge on any atom is 0.264 e. The van der Waals surface area contributed by atoms with Gasteiger partial charge in [0, 0.05) is 13.5 Å². The van der Waals surface area contributed by atoms with Crippen molar-refractivity contribution in [1.82, 2.24) is 20.1 Å². The number of carbonyl (C=O) groups is 1. The number of likely N-dealkylation sites (N-methyl/N-ethyl adjacent to an activating group) is 1. The fourth-order valence-electron chi connectivity index (χ4n) is 2.18. The molecule has 1 amide bonds. The molecular formula is C13H14N4O2. The molecule has 6 heteroatoms. The van der Waals surface area contributed by atoms with Crippen LogP contribution in [0.3, 0.4) is 0 Å². The van der Waals surface area contributed by atoms with Gasteiger partial charge in [-0.3, -0.25) is 9.89 Å². The van der Waals surface area contributed by atoms with E-state index >= 15 is 0 Å². The number of fused-ring (bicyclic) bond motifs is 1. The normalized spacial score (nSPS) is 16.8. The van der Waals surface area contributed by atoms with Crippen molar-refractivity contribution in [3.05, 3.63) is 42.0 Å². The molecule has 0 saturated heterocycles. The Kier molecular flexibility index (Phi) is 2.91. The molecule has 0 fully saturated rings. The van der Waals surface area contributed by atoms with Gasteiger partial charge in [0.2, 0.25) is 0 Å². The third-order valence-corrected chi connectivity index (χ3v) is 3.15. The predicted octanol–water partition coefficient (Wildman–Crippen LogP) is 0.767. The number of amides is 1. The molecule has 1 unspecified atom stereocenters. The van der Waals surface area contributed by atoms with Crippen molar-refractivity contribution in [2.45, 2.75) is 19.1 Å². The zero-order valence-electron chi connectivity index (χ0n) is 10.5. The van der Waals surface area contributed by atoms with Gasteiger partial charge in [-0.15, -0.1) is 0 Å². The Morgan fingerprint density at radius 3 is 3.11 bits per heavy atom. The third-order valence-electron chi connectivity index (χ3n) is 3.15. The monoisotopic (exact) mass is 258 g/mol. The van der Waals surface area contributed by atoms with Gasteiger partial charge in [-0.2, -0.15) is 5.10 Å². The molecule has 2 aromatic rings. The second kappa shape index (κ2) is 4.72. The summed E-state index contributed by atoms with van der Waals surface area (Å²) in [5.41, 5.74) is 1.08. The fourth-order valence-corrected chi connectivity index (χ4v) is 2.18. The van der Waals surface area contributed by atoms with Crippen LogP contribution in [0.5, 0.6) is 5.75 Å². The summed E-state index contributed by atoms with van der Waals surface area (Å²) in [5, 5.41) is 6.49. The molecule has 1 aliphatic heterocycles. The predicted molar refractivity (Wildman–Crippen MR) is 67.4 cm³/mol. The molecule has 2 heterocycles. The number of benzene rings is 1. The standard InChI is InChI=1S/C13H14N4O2/c1-17(7-12-14-8-15-16-12)13(18)11-6-9-4-2-3-5-10(9)19-11/h2-5,8,11H,6-7H2,1H3,(H,14,15,16). The van der Waals surface area contributed by atoms with Crippen LogP contribution in [0.25, 0.3) is 0 Å². The van der Waals surface area contributed by atoms with E-state index in [1.54, 1.807) is 11.9 Å². The van der Waals surface area contributed by atoms with Crippen LogP contribution in [0.1, 0.15) is 11.4 Å². The Morgan fingerprint density at radius 1 is 1.53 bits per heavy atom. The molecule has 1 aromatic carbocycles. The first-order chi connectivity index (χ1) is 9.24. The zero-order valence-corrected chi connectivity index (χ0v) is 10.5. The van der Waals surface area contributed by atoms with Gasteiger partial charge in [0.1, 0.15) is 17.9 Å². The summed E-state index contributed by atoms with van der Waals surface area (Å²) in [7, 11) is 1.73. The van der Waals surface area contributed by atoms with Crippen molar-refractivity contribution >= 4 is 5.91 Å². The quantitative estimate of drug-likeness (QED) is 0.882. The van der Waals surface area contributed by atoms with Crippen LogP contribution in [0.4, 0.5) is 0 Å². The minimum Gasteiger partial charge on any atom is -0.480 e. The minimum atomic E-state index is -0.440. The number of aromatic nitrogens is 3. The number of ether oxygens (including phenoxy) is 1. The van der Waals surface area contributed by atoms with Gasteiger partial charge in [0.15, 0.2) is 6.10 Å². The molecule has 6 nitrogen and oxygen atoms in total. The molecule has 0 radical (unpaired) electrons. The van der Waals surface area contributed by atoms with Gasteiger partial charge in [-0.05, 0) is 11.6 Å². The second-order valence-electron chi connectivity index (χ2n) is 4.54. The summed E-state index contributed by atoms with van der Waals surface area (Å²) < 4.78 is 5.67. The van der Waals surface area contributed by atoms with E-state index in [0.717, 1.165) is 11.3 Å². The zero-order chi connectivity index (χ0) is 13.2. The van der Waals surface area contributed by atoms with Crippen LogP contribution in [-0.4, -0.2) is 39.1 Å².